The molecule has 124 valence electrons. The molecule has 3 aromatic rings. The van der Waals surface area contributed by atoms with Crippen molar-refractivity contribution in [1.29, 1.82) is 0 Å². The van der Waals surface area contributed by atoms with Gasteiger partial charge in [-0.1, -0.05) is 60.7 Å². The molecule has 0 spiro atoms. The zero-order chi connectivity index (χ0) is 17.2. The summed E-state index contributed by atoms with van der Waals surface area (Å²) < 4.78 is 0. The Kier molecular flexibility index (Phi) is 4.12. The zero-order valence-electron chi connectivity index (χ0n) is 14.4. The third kappa shape index (κ3) is 2.96. The fourth-order valence-corrected chi connectivity index (χ4v) is 3.16. The maximum Gasteiger partial charge on any atom is 0.175 e. The average Bonchev–Trinajstić information content (AvgIpc) is 2.67. The molecule has 0 saturated heterocycles. The van der Waals surface area contributed by atoms with E-state index < -0.39 is 0 Å². The van der Waals surface area contributed by atoms with Gasteiger partial charge < -0.3 is 4.90 Å². The van der Waals surface area contributed by atoms with Crippen molar-refractivity contribution in [3.8, 4) is 22.5 Å². The van der Waals surface area contributed by atoms with E-state index in [1.807, 2.05) is 42.6 Å². The summed E-state index contributed by atoms with van der Waals surface area (Å²) in [6.07, 6.45) is 2.80. The third-order valence-corrected chi connectivity index (χ3v) is 4.48. The lowest BCUT2D eigenvalue weighted by Crippen LogP contribution is -2.24. The SMILES string of the molecule is CN(C)C1CC=Nc2nc(-c3ccccc3)c(-c3ccccc3)nc21. The summed E-state index contributed by atoms with van der Waals surface area (Å²) in [6.45, 7) is 0. The molecular formula is C21H20N4. The first kappa shape index (κ1) is 15.7. The summed E-state index contributed by atoms with van der Waals surface area (Å²) in [5.74, 6) is 0.725. The molecule has 4 nitrogen and oxygen atoms in total. The molecule has 1 unspecified atom stereocenters. The molecule has 0 radical (unpaired) electrons. The molecule has 4 heteroatoms. The van der Waals surface area contributed by atoms with Crippen LogP contribution in [0.15, 0.2) is 65.7 Å². The third-order valence-electron chi connectivity index (χ3n) is 4.48. The Morgan fingerprint density at radius 3 is 1.92 bits per heavy atom. The van der Waals surface area contributed by atoms with E-state index in [1.54, 1.807) is 0 Å². The number of aliphatic imine (C=N–C) groups is 1. The molecule has 1 aromatic heterocycles. The van der Waals surface area contributed by atoms with Crippen LogP contribution in [0.5, 0.6) is 0 Å². The van der Waals surface area contributed by atoms with Crippen LogP contribution in [0.3, 0.4) is 0 Å². The van der Waals surface area contributed by atoms with Crippen LogP contribution in [0.1, 0.15) is 18.2 Å². The van der Waals surface area contributed by atoms with Crippen molar-refractivity contribution in [1.82, 2.24) is 14.9 Å². The van der Waals surface area contributed by atoms with E-state index in [4.69, 9.17) is 9.97 Å². The number of benzene rings is 2. The average molecular weight is 328 g/mol. The van der Waals surface area contributed by atoms with Crippen molar-refractivity contribution in [2.75, 3.05) is 14.1 Å². The van der Waals surface area contributed by atoms with Crippen LogP contribution >= 0.6 is 0 Å². The van der Waals surface area contributed by atoms with Gasteiger partial charge >= 0.3 is 0 Å². The largest absolute Gasteiger partial charge is 0.300 e. The highest BCUT2D eigenvalue weighted by Crippen LogP contribution is 2.37. The van der Waals surface area contributed by atoms with Crippen LogP contribution in [0.25, 0.3) is 22.5 Å². The zero-order valence-corrected chi connectivity index (χ0v) is 14.4. The van der Waals surface area contributed by atoms with Gasteiger partial charge in [-0.3, -0.25) is 0 Å². The highest BCUT2D eigenvalue weighted by molar-refractivity contribution is 5.80. The molecule has 0 aliphatic carbocycles. The van der Waals surface area contributed by atoms with E-state index in [-0.39, 0.29) is 6.04 Å². The molecule has 4 rings (SSSR count). The number of rotatable bonds is 3. The summed E-state index contributed by atoms with van der Waals surface area (Å²) in [6, 6.07) is 20.7. The lowest BCUT2D eigenvalue weighted by atomic mass is 10.0. The molecule has 2 aromatic carbocycles. The molecule has 0 bridgehead atoms. The number of hydrogen-bond donors (Lipinski definition) is 0. The monoisotopic (exact) mass is 328 g/mol. The van der Waals surface area contributed by atoms with E-state index in [0.717, 1.165) is 40.4 Å². The second kappa shape index (κ2) is 6.57. The van der Waals surface area contributed by atoms with Crippen molar-refractivity contribution < 1.29 is 0 Å². The smallest absolute Gasteiger partial charge is 0.175 e. The van der Waals surface area contributed by atoms with E-state index in [9.17, 15) is 0 Å². The van der Waals surface area contributed by atoms with Crippen LogP contribution in [0, 0.1) is 0 Å². The van der Waals surface area contributed by atoms with Gasteiger partial charge in [-0.05, 0) is 14.1 Å². The van der Waals surface area contributed by atoms with E-state index in [2.05, 4.69) is 48.3 Å². The van der Waals surface area contributed by atoms with Gasteiger partial charge in [0.05, 0.1) is 17.4 Å². The van der Waals surface area contributed by atoms with Crippen molar-refractivity contribution in [2.24, 2.45) is 4.99 Å². The summed E-state index contributed by atoms with van der Waals surface area (Å²) >= 11 is 0. The maximum absolute atomic E-state index is 5.04. The summed E-state index contributed by atoms with van der Waals surface area (Å²) in [5.41, 5.74) is 4.87. The van der Waals surface area contributed by atoms with Gasteiger partial charge in [-0.25, -0.2) is 15.0 Å². The highest BCUT2D eigenvalue weighted by atomic mass is 15.1. The maximum atomic E-state index is 5.04. The summed E-state index contributed by atoms with van der Waals surface area (Å²) in [5, 5.41) is 0. The molecule has 1 aliphatic heterocycles. The number of hydrogen-bond acceptors (Lipinski definition) is 4. The Morgan fingerprint density at radius 1 is 0.800 bits per heavy atom. The predicted octanol–water partition coefficient (Wildman–Crippen LogP) is 4.52. The molecule has 0 amide bonds. The van der Waals surface area contributed by atoms with E-state index in [1.165, 1.54) is 0 Å². The number of fused-ring (bicyclic) bond motifs is 1. The van der Waals surface area contributed by atoms with Crippen LogP contribution < -0.4 is 0 Å². The topological polar surface area (TPSA) is 41.4 Å². The molecule has 2 heterocycles. The standard InChI is InChI=1S/C21H20N4/c1-25(2)17-13-14-22-21-20(17)23-18(15-9-5-3-6-10-15)19(24-21)16-11-7-4-8-12-16/h3-12,14,17H,13H2,1-2H3. The van der Waals surface area contributed by atoms with Crippen molar-refractivity contribution in [2.45, 2.75) is 12.5 Å². The second-order valence-corrected chi connectivity index (χ2v) is 6.39. The number of nitrogens with zero attached hydrogens (tertiary/aromatic N) is 4. The molecule has 0 N–H and O–H groups in total. The summed E-state index contributed by atoms with van der Waals surface area (Å²) in [4.78, 5) is 16.6. The second-order valence-electron chi connectivity index (χ2n) is 6.39. The first-order valence-corrected chi connectivity index (χ1v) is 8.46. The molecule has 1 atom stereocenters. The minimum Gasteiger partial charge on any atom is -0.300 e. The fraction of sp³-hybridized carbons (Fsp3) is 0.190. The molecule has 0 saturated carbocycles. The molecular weight excluding hydrogens is 308 g/mol. The first-order chi connectivity index (χ1) is 12.2. The minimum absolute atomic E-state index is 0.201. The Balaban J connectivity index is 1.97. The Bertz CT molecular complexity index is 902. The highest BCUT2D eigenvalue weighted by Gasteiger charge is 2.25. The number of aromatic nitrogens is 2. The van der Waals surface area contributed by atoms with Crippen LogP contribution in [0.4, 0.5) is 5.82 Å². The molecule has 1 aliphatic rings. The van der Waals surface area contributed by atoms with E-state index in [0.29, 0.717) is 0 Å². The molecule has 0 fully saturated rings. The predicted molar refractivity (Wildman–Crippen MR) is 102 cm³/mol. The van der Waals surface area contributed by atoms with Gasteiger partial charge in [0.1, 0.15) is 5.69 Å². The fourth-order valence-electron chi connectivity index (χ4n) is 3.16. The van der Waals surface area contributed by atoms with Crippen LogP contribution in [-0.2, 0) is 0 Å². The lowest BCUT2D eigenvalue weighted by molar-refractivity contribution is 0.300. The molecule has 25 heavy (non-hydrogen) atoms. The van der Waals surface area contributed by atoms with Crippen molar-refractivity contribution in [3.63, 3.8) is 0 Å². The van der Waals surface area contributed by atoms with Gasteiger partial charge in [0.2, 0.25) is 0 Å². The Morgan fingerprint density at radius 2 is 1.36 bits per heavy atom. The van der Waals surface area contributed by atoms with Gasteiger partial charge in [0, 0.05) is 23.8 Å². The van der Waals surface area contributed by atoms with Gasteiger partial charge in [0.15, 0.2) is 5.82 Å². The Hall–Kier alpha value is -2.85. The van der Waals surface area contributed by atoms with Gasteiger partial charge in [-0.15, -0.1) is 0 Å². The van der Waals surface area contributed by atoms with Gasteiger partial charge in [0.25, 0.3) is 0 Å². The normalized spacial score (nSPS) is 16.0. The van der Waals surface area contributed by atoms with Crippen LogP contribution in [0.2, 0.25) is 0 Å². The minimum atomic E-state index is 0.201. The Labute approximate surface area is 147 Å². The quantitative estimate of drug-likeness (QED) is 0.710. The first-order valence-electron chi connectivity index (χ1n) is 8.46. The van der Waals surface area contributed by atoms with Crippen LogP contribution in [-0.4, -0.2) is 35.2 Å². The van der Waals surface area contributed by atoms with Gasteiger partial charge in [-0.2, -0.15) is 0 Å². The van der Waals surface area contributed by atoms with Crippen molar-refractivity contribution in [3.05, 3.63) is 66.4 Å². The van der Waals surface area contributed by atoms with Crippen molar-refractivity contribution >= 4 is 12.0 Å². The lowest BCUT2D eigenvalue weighted by Gasteiger charge is -2.26. The summed E-state index contributed by atoms with van der Waals surface area (Å²) in [7, 11) is 4.14. The van der Waals surface area contributed by atoms with E-state index >= 15 is 0 Å².